The minimum absolute atomic E-state index is 0.331. The number of nitrogens with one attached hydrogen (secondary N) is 1. The number of hydrogen-bond donors (Lipinski definition) is 1. The summed E-state index contributed by atoms with van der Waals surface area (Å²) in [5, 5.41) is 3.86. The summed E-state index contributed by atoms with van der Waals surface area (Å²) >= 11 is 8.31. The largest absolute Gasteiger partial charge is 0.354 e. The molecule has 0 bridgehead atoms. The number of halogens is 1. The zero-order valence-electron chi connectivity index (χ0n) is 12.4. The van der Waals surface area contributed by atoms with E-state index in [1.807, 2.05) is 11.8 Å². The number of anilines is 2. The van der Waals surface area contributed by atoms with Gasteiger partial charge in [-0.25, -0.2) is 4.98 Å². The van der Waals surface area contributed by atoms with Gasteiger partial charge in [0.1, 0.15) is 5.02 Å². The Bertz CT molecular complexity index is 453. The van der Waals surface area contributed by atoms with Gasteiger partial charge in [0.2, 0.25) is 5.95 Å². The van der Waals surface area contributed by atoms with Crippen molar-refractivity contribution in [1.29, 1.82) is 0 Å². The summed E-state index contributed by atoms with van der Waals surface area (Å²) in [6.07, 6.45) is 3.89. The van der Waals surface area contributed by atoms with Gasteiger partial charge in [-0.2, -0.15) is 16.7 Å². The predicted molar refractivity (Wildman–Crippen MR) is 89.2 cm³/mol. The third kappa shape index (κ3) is 4.16. The molecule has 1 aliphatic rings. The molecule has 1 saturated heterocycles. The molecule has 0 spiro atoms. The number of rotatable bonds is 4. The highest BCUT2D eigenvalue weighted by Gasteiger charge is 2.25. The lowest BCUT2D eigenvalue weighted by molar-refractivity contribution is 0.635. The smallest absolute Gasteiger partial charge is 0.224 e. The molecule has 112 valence electrons. The average molecular weight is 315 g/mol. The summed E-state index contributed by atoms with van der Waals surface area (Å²) in [6.45, 7) is 9.58. The molecular formula is C14H23ClN4S. The Morgan fingerprint density at radius 3 is 3.00 bits per heavy atom. The molecule has 0 radical (unpaired) electrons. The van der Waals surface area contributed by atoms with E-state index >= 15 is 0 Å². The third-order valence-electron chi connectivity index (χ3n) is 3.40. The molecule has 0 amide bonds. The molecule has 0 unspecified atom stereocenters. The Morgan fingerprint density at radius 1 is 1.45 bits per heavy atom. The highest BCUT2D eigenvalue weighted by molar-refractivity contribution is 8.00. The Hall–Kier alpha value is -0.680. The molecule has 2 heterocycles. The predicted octanol–water partition coefficient (Wildman–Crippen LogP) is 3.67. The highest BCUT2D eigenvalue weighted by Crippen LogP contribution is 2.33. The third-order valence-corrected chi connectivity index (χ3v) is 5.03. The molecule has 1 aromatic rings. The lowest BCUT2D eigenvalue weighted by Gasteiger charge is -2.24. The maximum Gasteiger partial charge on any atom is 0.224 e. The standard InChI is InChI=1S/C14H23ClN4S/c1-4-6-16-13-17-10-11(15)12(18-13)19-7-5-14(2,3)20-9-8-19/h10H,4-9H2,1-3H3,(H,16,17,18). The molecule has 0 aromatic carbocycles. The van der Waals surface area contributed by atoms with Gasteiger partial charge in [0.25, 0.3) is 0 Å². The molecule has 0 aliphatic carbocycles. The molecule has 1 fully saturated rings. The van der Waals surface area contributed by atoms with Crippen LogP contribution in [0.15, 0.2) is 6.20 Å². The maximum absolute atomic E-state index is 6.29. The van der Waals surface area contributed by atoms with Crippen LogP contribution in [0.25, 0.3) is 0 Å². The van der Waals surface area contributed by atoms with Crippen LogP contribution in [0.3, 0.4) is 0 Å². The molecule has 0 atom stereocenters. The second-order valence-electron chi connectivity index (χ2n) is 5.64. The van der Waals surface area contributed by atoms with Crippen LogP contribution in [0.4, 0.5) is 11.8 Å². The molecule has 1 N–H and O–H groups in total. The van der Waals surface area contributed by atoms with Crippen LogP contribution in [0.5, 0.6) is 0 Å². The molecule has 1 aromatic heterocycles. The van der Waals surface area contributed by atoms with Gasteiger partial charge >= 0.3 is 0 Å². The molecule has 0 saturated carbocycles. The molecule has 6 heteroatoms. The van der Waals surface area contributed by atoms with Crippen molar-refractivity contribution in [2.24, 2.45) is 0 Å². The van der Waals surface area contributed by atoms with E-state index in [4.69, 9.17) is 11.6 Å². The zero-order valence-corrected chi connectivity index (χ0v) is 14.0. The Kier molecular flexibility index (Phi) is 5.38. The Balaban J connectivity index is 2.14. The van der Waals surface area contributed by atoms with Crippen LogP contribution >= 0.6 is 23.4 Å². The topological polar surface area (TPSA) is 41.1 Å². The van der Waals surface area contributed by atoms with E-state index in [2.05, 4.69) is 41.0 Å². The molecule has 2 rings (SSSR count). The van der Waals surface area contributed by atoms with Gasteiger partial charge in [0, 0.05) is 30.1 Å². The Labute approximate surface area is 130 Å². The number of thioether (sulfide) groups is 1. The number of nitrogens with zero attached hydrogens (tertiary/aromatic N) is 3. The minimum atomic E-state index is 0.331. The van der Waals surface area contributed by atoms with Crippen molar-refractivity contribution in [2.75, 3.05) is 35.6 Å². The summed E-state index contributed by atoms with van der Waals surface area (Å²) in [5.41, 5.74) is 0. The summed E-state index contributed by atoms with van der Waals surface area (Å²) < 4.78 is 0.331. The van der Waals surface area contributed by atoms with E-state index in [0.717, 1.165) is 44.0 Å². The van der Waals surface area contributed by atoms with E-state index < -0.39 is 0 Å². The second kappa shape index (κ2) is 6.85. The summed E-state index contributed by atoms with van der Waals surface area (Å²) in [4.78, 5) is 11.1. The fourth-order valence-corrected chi connectivity index (χ4v) is 3.44. The van der Waals surface area contributed by atoms with Gasteiger partial charge in [-0.1, -0.05) is 32.4 Å². The van der Waals surface area contributed by atoms with Crippen molar-refractivity contribution < 1.29 is 0 Å². The van der Waals surface area contributed by atoms with Gasteiger partial charge in [-0.15, -0.1) is 0 Å². The quantitative estimate of drug-likeness (QED) is 0.918. The highest BCUT2D eigenvalue weighted by atomic mass is 35.5. The van der Waals surface area contributed by atoms with Crippen molar-refractivity contribution in [2.45, 2.75) is 38.4 Å². The van der Waals surface area contributed by atoms with Crippen molar-refractivity contribution in [3.05, 3.63) is 11.2 Å². The van der Waals surface area contributed by atoms with Gasteiger partial charge in [0.15, 0.2) is 5.82 Å². The number of hydrogen-bond acceptors (Lipinski definition) is 5. The van der Waals surface area contributed by atoms with E-state index in [0.29, 0.717) is 15.7 Å². The lowest BCUT2D eigenvalue weighted by atomic mass is 10.1. The summed E-state index contributed by atoms with van der Waals surface area (Å²) in [5.74, 6) is 2.63. The second-order valence-corrected chi connectivity index (χ2v) is 7.85. The Morgan fingerprint density at radius 2 is 2.25 bits per heavy atom. The van der Waals surface area contributed by atoms with E-state index in [-0.39, 0.29) is 0 Å². The maximum atomic E-state index is 6.29. The van der Waals surface area contributed by atoms with Crippen LogP contribution in [0.1, 0.15) is 33.6 Å². The average Bonchev–Trinajstić information content (AvgIpc) is 2.59. The van der Waals surface area contributed by atoms with Crippen LogP contribution in [0.2, 0.25) is 5.02 Å². The van der Waals surface area contributed by atoms with Crippen LogP contribution < -0.4 is 10.2 Å². The van der Waals surface area contributed by atoms with Gasteiger partial charge < -0.3 is 10.2 Å². The SMILES string of the molecule is CCCNc1ncc(Cl)c(N2CCSC(C)(C)CC2)n1. The van der Waals surface area contributed by atoms with Crippen molar-refractivity contribution in [3.8, 4) is 0 Å². The lowest BCUT2D eigenvalue weighted by Crippen LogP contribution is -2.28. The molecule has 1 aliphatic heterocycles. The minimum Gasteiger partial charge on any atom is -0.354 e. The van der Waals surface area contributed by atoms with Crippen molar-refractivity contribution >= 4 is 35.1 Å². The van der Waals surface area contributed by atoms with Crippen LogP contribution in [0, 0.1) is 0 Å². The fraction of sp³-hybridized carbons (Fsp3) is 0.714. The van der Waals surface area contributed by atoms with Crippen molar-refractivity contribution in [3.63, 3.8) is 0 Å². The van der Waals surface area contributed by atoms with Crippen LogP contribution in [-0.2, 0) is 0 Å². The van der Waals surface area contributed by atoms with Gasteiger partial charge in [0.05, 0.1) is 6.20 Å². The summed E-state index contributed by atoms with van der Waals surface area (Å²) in [7, 11) is 0. The number of aromatic nitrogens is 2. The first-order valence-electron chi connectivity index (χ1n) is 7.17. The molecule has 4 nitrogen and oxygen atoms in total. The van der Waals surface area contributed by atoms with Crippen LogP contribution in [-0.4, -0.2) is 40.1 Å². The van der Waals surface area contributed by atoms with Gasteiger partial charge in [-0.05, 0) is 12.8 Å². The normalized spacial score (nSPS) is 18.7. The summed E-state index contributed by atoms with van der Waals surface area (Å²) in [6, 6.07) is 0. The van der Waals surface area contributed by atoms with Gasteiger partial charge in [-0.3, -0.25) is 0 Å². The van der Waals surface area contributed by atoms with E-state index in [9.17, 15) is 0 Å². The van der Waals surface area contributed by atoms with E-state index in [1.54, 1.807) is 6.20 Å². The van der Waals surface area contributed by atoms with Crippen molar-refractivity contribution in [1.82, 2.24) is 9.97 Å². The first kappa shape index (κ1) is 15.7. The zero-order chi connectivity index (χ0) is 14.6. The fourth-order valence-electron chi connectivity index (χ4n) is 2.13. The molecular weight excluding hydrogens is 292 g/mol. The first-order chi connectivity index (χ1) is 9.52. The monoisotopic (exact) mass is 314 g/mol. The first-order valence-corrected chi connectivity index (χ1v) is 8.53. The van der Waals surface area contributed by atoms with E-state index in [1.165, 1.54) is 0 Å². The molecule has 20 heavy (non-hydrogen) atoms.